The van der Waals surface area contributed by atoms with Gasteiger partial charge in [-0.1, -0.05) is 15.9 Å². The maximum atomic E-state index is 8.27. The van der Waals surface area contributed by atoms with Crippen LogP contribution in [0.2, 0.25) is 0 Å². The van der Waals surface area contributed by atoms with Crippen molar-refractivity contribution in [1.29, 1.82) is 0 Å². The second-order valence-corrected chi connectivity index (χ2v) is 2.84. The van der Waals surface area contributed by atoms with E-state index in [1.54, 1.807) is 12.1 Å². The molecule has 0 spiro atoms. The van der Waals surface area contributed by atoms with Crippen LogP contribution in [0.3, 0.4) is 0 Å². The molecule has 0 fully saturated rings. The number of hydrogen-bond acceptors (Lipinski definition) is 3. The van der Waals surface area contributed by atoms with Gasteiger partial charge in [0.05, 0.1) is 0 Å². The molecule has 0 bridgehead atoms. The minimum absolute atomic E-state index is 0.345. The van der Waals surface area contributed by atoms with Crippen molar-refractivity contribution in [3.8, 4) is 5.75 Å². The van der Waals surface area contributed by atoms with Gasteiger partial charge in [-0.2, -0.15) is 0 Å². The summed E-state index contributed by atoms with van der Waals surface area (Å²) in [7, 11) is 0. The molecule has 2 nitrogen and oxygen atoms in total. The first kappa shape index (κ1) is 7.91. The third-order valence-electron chi connectivity index (χ3n) is 0.947. The summed E-state index contributed by atoms with van der Waals surface area (Å²) >= 11 is 3.62. The third kappa shape index (κ3) is 2.21. The molecule has 54 valence electrons. The summed E-state index contributed by atoms with van der Waals surface area (Å²) in [6, 6.07) is 7.19. The highest BCUT2D eigenvalue weighted by Gasteiger charge is 1.91. The average molecular weight is 221 g/mol. The minimum Gasteiger partial charge on any atom is -0.401 e. The Hall–Kier alpha value is -0.190. The molecule has 0 aromatic heterocycles. The van der Waals surface area contributed by atoms with Gasteiger partial charge in [-0.15, -0.1) is 0 Å². The second-order valence-electron chi connectivity index (χ2n) is 1.61. The Morgan fingerprint density at radius 2 is 1.90 bits per heavy atom. The van der Waals surface area contributed by atoms with Gasteiger partial charge in [-0.25, -0.2) is 0 Å². The number of benzene rings is 1. The van der Waals surface area contributed by atoms with Crippen LogP contribution in [0.4, 0.5) is 0 Å². The zero-order valence-corrected chi connectivity index (χ0v) is 7.35. The molecule has 1 aromatic rings. The highest BCUT2D eigenvalue weighted by Crippen LogP contribution is 2.18. The van der Waals surface area contributed by atoms with E-state index in [-0.39, 0.29) is 0 Å². The molecule has 0 amide bonds. The van der Waals surface area contributed by atoms with E-state index in [0.717, 1.165) is 4.47 Å². The molecule has 4 heteroatoms. The van der Waals surface area contributed by atoms with Crippen molar-refractivity contribution >= 4 is 28.3 Å². The predicted molar refractivity (Wildman–Crippen MR) is 45.0 cm³/mol. The van der Waals surface area contributed by atoms with Crippen LogP contribution in [-0.4, -0.2) is 4.55 Å². The topological polar surface area (TPSA) is 29.5 Å². The van der Waals surface area contributed by atoms with Gasteiger partial charge >= 0.3 is 0 Å². The van der Waals surface area contributed by atoms with Crippen molar-refractivity contribution < 1.29 is 8.74 Å². The molecule has 0 atom stereocenters. The standard InChI is InChI=1S/C6H5BrO2S/c7-5-1-3-6(4-2-5)9-10-8/h1-4,8H. The highest BCUT2D eigenvalue weighted by molar-refractivity contribution is 9.10. The molecular formula is C6H5BrO2S. The summed E-state index contributed by atoms with van der Waals surface area (Å²) in [6.07, 6.45) is 0. The van der Waals surface area contributed by atoms with Crippen molar-refractivity contribution in [2.24, 2.45) is 0 Å². The van der Waals surface area contributed by atoms with Crippen LogP contribution in [0.1, 0.15) is 0 Å². The summed E-state index contributed by atoms with van der Waals surface area (Å²) in [6.45, 7) is 0. The van der Waals surface area contributed by atoms with Gasteiger partial charge in [0.1, 0.15) is 5.75 Å². The molecule has 0 aliphatic carbocycles. The number of hydrogen-bond donors (Lipinski definition) is 1. The van der Waals surface area contributed by atoms with Crippen LogP contribution < -0.4 is 4.18 Å². The van der Waals surface area contributed by atoms with Gasteiger partial charge in [0, 0.05) is 4.47 Å². The summed E-state index contributed by atoms with van der Waals surface area (Å²) in [4.78, 5) is 0. The van der Waals surface area contributed by atoms with E-state index in [1.807, 2.05) is 12.1 Å². The van der Waals surface area contributed by atoms with E-state index < -0.39 is 0 Å². The van der Waals surface area contributed by atoms with Crippen LogP contribution in [-0.2, 0) is 0 Å². The molecule has 1 rings (SSSR count). The van der Waals surface area contributed by atoms with Crippen molar-refractivity contribution in [1.82, 2.24) is 0 Å². The fraction of sp³-hybridized carbons (Fsp3) is 0. The maximum absolute atomic E-state index is 8.27. The molecule has 1 aromatic carbocycles. The minimum atomic E-state index is 0.345. The fourth-order valence-corrected chi connectivity index (χ4v) is 0.995. The first-order chi connectivity index (χ1) is 4.83. The Morgan fingerprint density at radius 3 is 2.40 bits per heavy atom. The maximum Gasteiger partial charge on any atom is 0.222 e. The fourth-order valence-electron chi connectivity index (χ4n) is 0.533. The zero-order chi connectivity index (χ0) is 7.40. The Bertz CT molecular complexity index is 199. The lowest BCUT2D eigenvalue weighted by Crippen LogP contribution is -1.77. The SMILES string of the molecule is OSOc1ccc(Br)cc1. The first-order valence-corrected chi connectivity index (χ1v) is 4.06. The molecule has 0 saturated heterocycles. The summed E-state index contributed by atoms with van der Waals surface area (Å²) in [5.41, 5.74) is 0. The molecular weight excluding hydrogens is 216 g/mol. The van der Waals surface area contributed by atoms with Crippen LogP contribution >= 0.6 is 28.3 Å². The van der Waals surface area contributed by atoms with E-state index in [9.17, 15) is 0 Å². The Morgan fingerprint density at radius 1 is 1.30 bits per heavy atom. The predicted octanol–water partition coefficient (Wildman–Crippen LogP) is 2.95. The van der Waals surface area contributed by atoms with Crippen LogP contribution in [0, 0.1) is 0 Å². The molecule has 0 aliphatic heterocycles. The summed E-state index contributed by atoms with van der Waals surface area (Å²) in [5.74, 6) is 0.635. The van der Waals surface area contributed by atoms with Crippen LogP contribution in [0.15, 0.2) is 28.7 Å². The van der Waals surface area contributed by atoms with Crippen molar-refractivity contribution in [2.75, 3.05) is 0 Å². The van der Waals surface area contributed by atoms with Crippen molar-refractivity contribution in [3.05, 3.63) is 28.7 Å². The molecule has 0 unspecified atom stereocenters. The van der Waals surface area contributed by atoms with Gasteiger partial charge in [-0.05, 0) is 24.3 Å². The Labute approximate surface area is 71.7 Å². The smallest absolute Gasteiger partial charge is 0.222 e. The van der Waals surface area contributed by atoms with Gasteiger partial charge in [-0.3, -0.25) is 4.55 Å². The first-order valence-electron chi connectivity index (χ1n) is 2.56. The normalized spacial score (nSPS) is 9.40. The molecule has 1 N–H and O–H groups in total. The van der Waals surface area contributed by atoms with E-state index in [2.05, 4.69) is 15.9 Å². The van der Waals surface area contributed by atoms with Crippen molar-refractivity contribution in [2.45, 2.75) is 0 Å². The third-order valence-corrected chi connectivity index (χ3v) is 1.74. The second kappa shape index (κ2) is 3.85. The quantitative estimate of drug-likeness (QED) is 0.778. The number of halogens is 1. The lowest BCUT2D eigenvalue weighted by atomic mass is 10.3. The Balaban J connectivity index is 2.69. The summed E-state index contributed by atoms with van der Waals surface area (Å²) in [5, 5.41) is 0. The van der Waals surface area contributed by atoms with Crippen LogP contribution in [0.25, 0.3) is 0 Å². The lowest BCUT2D eigenvalue weighted by molar-refractivity contribution is 0.541. The highest BCUT2D eigenvalue weighted by atomic mass is 79.9. The largest absolute Gasteiger partial charge is 0.401 e. The molecule has 10 heavy (non-hydrogen) atoms. The van der Waals surface area contributed by atoms with E-state index in [4.69, 9.17) is 8.74 Å². The van der Waals surface area contributed by atoms with Crippen LogP contribution in [0.5, 0.6) is 5.75 Å². The molecule has 0 radical (unpaired) electrons. The average Bonchev–Trinajstić information content (AvgIpc) is 1.95. The molecule has 0 saturated carbocycles. The van der Waals surface area contributed by atoms with Gasteiger partial charge in [0.25, 0.3) is 0 Å². The van der Waals surface area contributed by atoms with Crippen molar-refractivity contribution in [3.63, 3.8) is 0 Å². The van der Waals surface area contributed by atoms with Gasteiger partial charge < -0.3 is 4.18 Å². The zero-order valence-electron chi connectivity index (χ0n) is 4.95. The summed E-state index contributed by atoms with van der Waals surface area (Å²) < 4.78 is 14.0. The lowest BCUT2D eigenvalue weighted by Gasteiger charge is -1.96. The number of rotatable bonds is 2. The van der Waals surface area contributed by atoms with E-state index in [1.165, 1.54) is 0 Å². The molecule has 0 heterocycles. The monoisotopic (exact) mass is 220 g/mol. The molecule has 0 aliphatic rings. The Kier molecular flexibility index (Phi) is 3.05. The van der Waals surface area contributed by atoms with E-state index in [0.29, 0.717) is 18.1 Å². The van der Waals surface area contributed by atoms with E-state index >= 15 is 0 Å². The van der Waals surface area contributed by atoms with Gasteiger partial charge in [0.15, 0.2) is 0 Å². The van der Waals surface area contributed by atoms with Gasteiger partial charge in [0.2, 0.25) is 12.3 Å².